The fraction of sp³-hybridized carbons (Fsp3) is 0. The quantitative estimate of drug-likeness (QED) is 0.186. The maximum Gasteiger partial charge on any atom is 0.159 e. The Balaban J connectivity index is 1.08. The van der Waals surface area contributed by atoms with Gasteiger partial charge >= 0.3 is 0 Å². The maximum atomic E-state index is 6.63. The van der Waals surface area contributed by atoms with E-state index in [1.165, 1.54) is 10.8 Å². The Morgan fingerprint density at radius 1 is 0.434 bits per heavy atom. The molecule has 5 nitrogen and oxygen atoms in total. The lowest BCUT2D eigenvalue weighted by molar-refractivity contribution is 0.476. The summed E-state index contributed by atoms with van der Waals surface area (Å²) in [6.45, 7) is 0. The summed E-state index contributed by atoms with van der Waals surface area (Å²) in [7, 11) is 0. The van der Waals surface area contributed by atoms with Crippen LogP contribution in [-0.2, 0) is 0 Å². The van der Waals surface area contributed by atoms with Gasteiger partial charge in [0.15, 0.2) is 22.7 Å². The van der Waals surface area contributed by atoms with Crippen molar-refractivity contribution in [1.82, 2.24) is 4.57 Å². The molecule has 0 unspecified atom stereocenters. The summed E-state index contributed by atoms with van der Waals surface area (Å²) in [4.78, 5) is 2.27. The number of nitrogens with zero attached hydrogens (tertiary/aromatic N) is 2. The monoisotopic (exact) mass is 680 g/mol. The fourth-order valence-electron chi connectivity index (χ4n) is 8.50. The molecule has 5 heteroatoms. The number of rotatable bonds is 4. The van der Waals surface area contributed by atoms with Crippen molar-refractivity contribution in [3.63, 3.8) is 0 Å². The summed E-state index contributed by atoms with van der Waals surface area (Å²) in [5, 5.41) is 6.69. The highest BCUT2D eigenvalue weighted by Gasteiger charge is 2.27. The molecule has 0 N–H and O–H groups in total. The average molecular weight is 681 g/mol. The van der Waals surface area contributed by atoms with Crippen molar-refractivity contribution in [3.05, 3.63) is 170 Å². The Kier molecular flexibility index (Phi) is 5.71. The van der Waals surface area contributed by atoms with Crippen LogP contribution in [0.4, 0.5) is 17.1 Å². The smallest absolute Gasteiger partial charge is 0.159 e. The van der Waals surface area contributed by atoms with Crippen molar-refractivity contribution in [2.45, 2.75) is 0 Å². The minimum atomic E-state index is 0.825. The van der Waals surface area contributed by atoms with Crippen LogP contribution in [0.3, 0.4) is 0 Å². The Bertz CT molecular complexity index is 3160. The van der Waals surface area contributed by atoms with Crippen molar-refractivity contribution < 1.29 is 13.6 Å². The number of hydrogen-bond donors (Lipinski definition) is 0. The normalized spacial score (nSPS) is 12.3. The lowest BCUT2D eigenvalue weighted by Gasteiger charge is -2.26. The molecule has 8 aromatic carbocycles. The van der Waals surface area contributed by atoms with Crippen LogP contribution in [-0.4, -0.2) is 4.57 Å². The molecular formula is C48H28N2O3. The third-order valence-corrected chi connectivity index (χ3v) is 10.8. The SMILES string of the molecule is c1ccc2c(c1)Oc1ccc(-c3ccc(N(c4cccc5c4oc4ccccc45)c4cccc5c4oc4ccccc45)cc3)c3c4ccccc4n-2c13. The fourth-order valence-corrected chi connectivity index (χ4v) is 8.50. The number of benzene rings is 8. The van der Waals surface area contributed by atoms with Crippen molar-refractivity contribution in [2.24, 2.45) is 0 Å². The van der Waals surface area contributed by atoms with Crippen LogP contribution >= 0.6 is 0 Å². The van der Waals surface area contributed by atoms with Gasteiger partial charge in [0.1, 0.15) is 11.2 Å². The second kappa shape index (κ2) is 10.6. The Morgan fingerprint density at radius 2 is 1.02 bits per heavy atom. The van der Waals surface area contributed by atoms with Crippen LogP contribution < -0.4 is 9.64 Å². The Morgan fingerprint density at radius 3 is 1.72 bits per heavy atom. The molecule has 1 aliphatic heterocycles. The molecule has 0 spiro atoms. The first-order chi connectivity index (χ1) is 26.3. The van der Waals surface area contributed by atoms with Gasteiger partial charge in [0.25, 0.3) is 0 Å². The van der Waals surface area contributed by atoms with Gasteiger partial charge in [0.2, 0.25) is 0 Å². The minimum Gasteiger partial charge on any atom is -0.454 e. The summed E-state index contributed by atoms with van der Waals surface area (Å²) in [5.74, 6) is 1.72. The zero-order chi connectivity index (χ0) is 34.6. The molecule has 0 saturated heterocycles. The lowest BCUT2D eigenvalue weighted by Crippen LogP contribution is -2.10. The Hall–Kier alpha value is -7.24. The van der Waals surface area contributed by atoms with E-state index in [9.17, 15) is 0 Å². The van der Waals surface area contributed by atoms with Crippen molar-refractivity contribution >= 4 is 82.7 Å². The van der Waals surface area contributed by atoms with E-state index >= 15 is 0 Å². The molecule has 1 aliphatic rings. The number of furan rings is 2. The molecular weight excluding hydrogens is 653 g/mol. The molecule has 53 heavy (non-hydrogen) atoms. The summed E-state index contributed by atoms with van der Waals surface area (Å²) < 4.78 is 22.1. The van der Waals surface area contributed by atoms with E-state index < -0.39 is 0 Å². The highest BCUT2D eigenvalue weighted by molar-refractivity contribution is 6.18. The number of fused-ring (bicyclic) bond motifs is 11. The average Bonchev–Trinajstić information content (AvgIpc) is 3.90. The van der Waals surface area contributed by atoms with Crippen LogP contribution in [0, 0.1) is 0 Å². The van der Waals surface area contributed by atoms with Crippen molar-refractivity contribution in [2.75, 3.05) is 4.90 Å². The molecule has 248 valence electrons. The van der Waals surface area contributed by atoms with Crippen LogP contribution in [0.2, 0.25) is 0 Å². The van der Waals surface area contributed by atoms with E-state index in [4.69, 9.17) is 13.6 Å². The standard InChI is InChI=1S/C48H28N2O3/c1-4-16-37-36(13-1)45-31(27-28-44-46(45)50(37)38-17-5-8-22-43(38)51-44)29-23-25-30(26-24-29)49(39-18-9-14-34-32-11-2-6-20-41(32)52-47(34)39)40-19-10-15-35-33-12-3-7-21-42(33)53-48(35)40/h1-28H. The lowest BCUT2D eigenvalue weighted by atomic mass is 9.98. The number of para-hydroxylation sites is 7. The van der Waals surface area contributed by atoms with Crippen LogP contribution in [0.15, 0.2) is 179 Å². The number of ether oxygens (including phenoxy) is 1. The predicted octanol–water partition coefficient (Wildman–Crippen LogP) is 13.8. The van der Waals surface area contributed by atoms with Gasteiger partial charge in [-0.1, -0.05) is 103 Å². The van der Waals surface area contributed by atoms with E-state index in [2.05, 4.69) is 143 Å². The molecule has 0 bridgehead atoms. The highest BCUT2D eigenvalue weighted by Crippen LogP contribution is 2.50. The molecule has 3 aromatic heterocycles. The molecule has 0 atom stereocenters. The van der Waals surface area contributed by atoms with Crippen LogP contribution in [0.1, 0.15) is 0 Å². The van der Waals surface area contributed by atoms with Gasteiger partial charge < -0.3 is 23.0 Å². The molecule has 4 heterocycles. The first-order valence-electron chi connectivity index (χ1n) is 17.8. The summed E-state index contributed by atoms with van der Waals surface area (Å²) in [5.41, 5.74) is 11.8. The summed E-state index contributed by atoms with van der Waals surface area (Å²) in [6.07, 6.45) is 0. The molecule has 0 saturated carbocycles. The number of aromatic nitrogens is 1. The molecule has 0 aliphatic carbocycles. The van der Waals surface area contributed by atoms with Gasteiger partial charge in [-0.25, -0.2) is 0 Å². The first kappa shape index (κ1) is 28.5. The largest absolute Gasteiger partial charge is 0.454 e. The van der Waals surface area contributed by atoms with Gasteiger partial charge in [-0.2, -0.15) is 0 Å². The molecule has 12 rings (SSSR count). The van der Waals surface area contributed by atoms with Crippen molar-refractivity contribution in [1.29, 1.82) is 0 Å². The molecule has 11 aromatic rings. The number of hydrogen-bond acceptors (Lipinski definition) is 4. The predicted molar refractivity (Wildman–Crippen MR) is 216 cm³/mol. The van der Waals surface area contributed by atoms with E-state index in [0.29, 0.717) is 0 Å². The van der Waals surface area contributed by atoms with Crippen LogP contribution in [0.25, 0.3) is 82.5 Å². The molecule has 0 fully saturated rings. The van der Waals surface area contributed by atoms with E-state index in [0.717, 1.165) is 100 Å². The second-order valence-electron chi connectivity index (χ2n) is 13.6. The topological polar surface area (TPSA) is 43.7 Å². The number of anilines is 3. The van der Waals surface area contributed by atoms with E-state index in [1.54, 1.807) is 0 Å². The molecule has 0 radical (unpaired) electrons. The second-order valence-corrected chi connectivity index (χ2v) is 13.6. The maximum absolute atomic E-state index is 6.63. The van der Waals surface area contributed by atoms with E-state index in [-0.39, 0.29) is 0 Å². The summed E-state index contributed by atoms with van der Waals surface area (Å²) >= 11 is 0. The van der Waals surface area contributed by atoms with Gasteiger partial charge in [-0.15, -0.1) is 0 Å². The first-order valence-corrected chi connectivity index (χ1v) is 17.8. The van der Waals surface area contributed by atoms with Gasteiger partial charge in [-0.3, -0.25) is 0 Å². The van der Waals surface area contributed by atoms with Gasteiger partial charge in [-0.05, 0) is 77.9 Å². The minimum absolute atomic E-state index is 0.825. The highest BCUT2D eigenvalue weighted by atomic mass is 16.5. The van der Waals surface area contributed by atoms with Gasteiger partial charge in [0.05, 0.1) is 28.1 Å². The van der Waals surface area contributed by atoms with Crippen LogP contribution in [0.5, 0.6) is 11.5 Å². The summed E-state index contributed by atoms with van der Waals surface area (Å²) in [6, 6.07) is 59.3. The van der Waals surface area contributed by atoms with Crippen molar-refractivity contribution in [3.8, 4) is 28.3 Å². The third kappa shape index (κ3) is 3.96. The Labute approximate surface area is 303 Å². The van der Waals surface area contributed by atoms with E-state index in [1.807, 2.05) is 36.4 Å². The van der Waals surface area contributed by atoms with Gasteiger partial charge in [0, 0.05) is 38.0 Å². The third-order valence-electron chi connectivity index (χ3n) is 10.8. The molecule has 0 amide bonds. The zero-order valence-electron chi connectivity index (χ0n) is 28.3. The zero-order valence-corrected chi connectivity index (χ0v) is 28.3.